The van der Waals surface area contributed by atoms with Crippen molar-refractivity contribution in [2.45, 2.75) is 16.3 Å². The highest BCUT2D eigenvalue weighted by Crippen LogP contribution is 2.31. The predicted octanol–water partition coefficient (Wildman–Crippen LogP) is 2.54. The summed E-state index contributed by atoms with van der Waals surface area (Å²) in [5.74, 6) is 0.898. The first-order valence-electron chi connectivity index (χ1n) is 6.01. The average molecular weight is 260 g/mol. The minimum atomic E-state index is 0.898. The number of benzene rings is 2. The second kappa shape index (κ2) is 6.47. The van der Waals surface area contributed by atoms with Gasteiger partial charge in [0.2, 0.25) is 0 Å². The fourth-order valence-corrected chi connectivity index (χ4v) is 2.72. The molecule has 2 aromatic rings. The smallest absolute Gasteiger partial charge is 0.118 e. The zero-order valence-corrected chi connectivity index (χ0v) is 11.5. The van der Waals surface area contributed by atoms with E-state index in [0.717, 1.165) is 12.3 Å². The summed E-state index contributed by atoms with van der Waals surface area (Å²) >= 11 is 1.80. The van der Waals surface area contributed by atoms with Gasteiger partial charge in [-0.25, -0.2) is 0 Å². The number of ether oxygens (including phenoxy) is 1. The molecule has 2 rings (SSSR count). The Balaban J connectivity index is 2.17. The molecule has 0 unspecified atom stereocenters. The zero-order chi connectivity index (χ0) is 12.8. The Morgan fingerprint density at radius 3 is 2.44 bits per heavy atom. The van der Waals surface area contributed by atoms with E-state index in [4.69, 9.17) is 4.74 Å². The van der Waals surface area contributed by atoms with Crippen molar-refractivity contribution in [2.75, 3.05) is 14.2 Å². The molecule has 0 aromatic heterocycles. The quantitative estimate of drug-likeness (QED) is 0.894. The first-order valence-corrected chi connectivity index (χ1v) is 6.82. The molecule has 2 aromatic carbocycles. The van der Waals surface area contributed by atoms with Crippen molar-refractivity contribution in [1.82, 2.24) is 0 Å². The van der Waals surface area contributed by atoms with Crippen molar-refractivity contribution >= 4 is 11.8 Å². The van der Waals surface area contributed by atoms with Crippen LogP contribution in [0.3, 0.4) is 0 Å². The van der Waals surface area contributed by atoms with Gasteiger partial charge in [-0.15, -0.1) is 0 Å². The highest BCUT2D eigenvalue weighted by molar-refractivity contribution is 7.99. The molecule has 0 saturated heterocycles. The van der Waals surface area contributed by atoms with Crippen molar-refractivity contribution in [3.05, 3.63) is 54.1 Å². The summed E-state index contributed by atoms with van der Waals surface area (Å²) in [5.41, 5.74) is 1.38. The monoisotopic (exact) mass is 260 g/mol. The molecule has 0 radical (unpaired) electrons. The van der Waals surface area contributed by atoms with E-state index in [1.54, 1.807) is 18.9 Å². The molecule has 0 aliphatic heterocycles. The van der Waals surface area contributed by atoms with Crippen LogP contribution in [0.5, 0.6) is 5.75 Å². The zero-order valence-electron chi connectivity index (χ0n) is 10.7. The van der Waals surface area contributed by atoms with Gasteiger partial charge >= 0.3 is 0 Å². The third-order valence-electron chi connectivity index (χ3n) is 2.68. The van der Waals surface area contributed by atoms with Crippen LogP contribution in [0.4, 0.5) is 0 Å². The van der Waals surface area contributed by atoms with Crippen LogP contribution in [0, 0.1) is 0 Å². The molecule has 3 heteroatoms. The second-order valence-corrected chi connectivity index (χ2v) is 5.11. The lowest BCUT2D eigenvalue weighted by atomic mass is 10.2. The molecule has 0 saturated carbocycles. The summed E-state index contributed by atoms with van der Waals surface area (Å²) < 4.78 is 5.17. The second-order valence-electron chi connectivity index (χ2n) is 4.00. The maximum absolute atomic E-state index is 5.17. The van der Waals surface area contributed by atoms with Crippen molar-refractivity contribution in [3.63, 3.8) is 0 Å². The van der Waals surface area contributed by atoms with E-state index in [1.165, 1.54) is 15.4 Å². The van der Waals surface area contributed by atoms with Crippen molar-refractivity contribution in [3.8, 4) is 5.75 Å². The number of hydrogen-bond acceptors (Lipinski definition) is 2. The van der Waals surface area contributed by atoms with Crippen LogP contribution < -0.4 is 10.1 Å². The van der Waals surface area contributed by atoms with E-state index < -0.39 is 0 Å². The third-order valence-corrected chi connectivity index (χ3v) is 3.81. The van der Waals surface area contributed by atoms with Gasteiger partial charge in [-0.3, -0.25) is 0 Å². The molecule has 0 aliphatic rings. The summed E-state index contributed by atoms with van der Waals surface area (Å²) in [4.78, 5) is 2.56. The fourth-order valence-electron chi connectivity index (χ4n) is 1.76. The minimum Gasteiger partial charge on any atom is -0.497 e. The summed E-state index contributed by atoms with van der Waals surface area (Å²) in [5, 5.41) is 2.19. The fraction of sp³-hybridized carbons (Fsp3) is 0.200. The van der Waals surface area contributed by atoms with Crippen LogP contribution in [0.15, 0.2) is 58.3 Å². The van der Waals surface area contributed by atoms with Crippen molar-refractivity contribution in [2.24, 2.45) is 0 Å². The van der Waals surface area contributed by atoms with Crippen LogP contribution in [-0.2, 0) is 6.54 Å². The number of nitrogens with two attached hydrogens (primary N) is 1. The molecule has 0 atom stereocenters. The number of hydrogen-bond donors (Lipinski definition) is 1. The Labute approximate surface area is 112 Å². The van der Waals surface area contributed by atoms with Crippen molar-refractivity contribution < 1.29 is 10.1 Å². The number of methoxy groups -OCH3 is 1. The molecule has 2 N–H and O–H groups in total. The first-order chi connectivity index (χ1) is 8.83. The van der Waals surface area contributed by atoms with Gasteiger partial charge in [0, 0.05) is 15.4 Å². The van der Waals surface area contributed by atoms with Crippen LogP contribution >= 0.6 is 11.8 Å². The molecule has 18 heavy (non-hydrogen) atoms. The Morgan fingerprint density at radius 1 is 1.06 bits per heavy atom. The van der Waals surface area contributed by atoms with Gasteiger partial charge in [0.25, 0.3) is 0 Å². The lowest BCUT2D eigenvalue weighted by Crippen LogP contribution is -2.77. The Bertz CT molecular complexity index is 496. The molecular formula is C15H18NOS+. The summed E-state index contributed by atoms with van der Waals surface area (Å²) in [6, 6.07) is 16.7. The largest absolute Gasteiger partial charge is 0.497 e. The predicted molar refractivity (Wildman–Crippen MR) is 75.1 cm³/mol. The lowest BCUT2D eigenvalue weighted by molar-refractivity contribution is -0.643. The first kappa shape index (κ1) is 13.0. The summed E-state index contributed by atoms with van der Waals surface area (Å²) in [6.07, 6.45) is 0. The summed E-state index contributed by atoms with van der Waals surface area (Å²) in [7, 11) is 3.78. The molecule has 0 fully saturated rings. The average Bonchev–Trinajstić information content (AvgIpc) is 2.42. The van der Waals surface area contributed by atoms with E-state index >= 15 is 0 Å². The van der Waals surface area contributed by atoms with E-state index in [2.05, 4.69) is 48.8 Å². The van der Waals surface area contributed by atoms with Crippen LogP contribution in [0.2, 0.25) is 0 Å². The summed E-state index contributed by atoms with van der Waals surface area (Å²) in [6.45, 7) is 1.01. The third kappa shape index (κ3) is 3.28. The molecular weight excluding hydrogens is 242 g/mol. The van der Waals surface area contributed by atoms with Gasteiger partial charge in [0.1, 0.15) is 12.3 Å². The maximum atomic E-state index is 5.17. The number of quaternary nitrogens is 1. The van der Waals surface area contributed by atoms with E-state index in [9.17, 15) is 0 Å². The minimum absolute atomic E-state index is 0.898. The standard InChI is InChI=1S/C15H17NOS/c1-16-11-12-5-3-4-6-15(12)18-14-9-7-13(17-2)8-10-14/h3-10,16H,11H2,1-2H3/p+1. The van der Waals surface area contributed by atoms with E-state index in [0.29, 0.717) is 0 Å². The van der Waals surface area contributed by atoms with Crippen LogP contribution in [0.25, 0.3) is 0 Å². The highest BCUT2D eigenvalue weighted by Gasteiger charge is 2.04. The number of rotatable bonds is 5. The Kier molecular flexibility index (Phi) is 4.67. The topological polar surface area (TPSA) is 25.8 Å². The van der Waals surface area contributed by atoms with Crippen LogP contribution in [-0.4, -0.2) is 14.2 Å². The maximum Gasteiger partial charge on any atom is 0.118 e. The highest BCUT2D eigenvalue weighted by atomic mass is 32.2. The van der Waals surface area contributed by atoms with Gasteiger partial charge in [-0.05, 0) is 30.3 Å². The lowest BCUT2D eigenvalue weighted by Gasteiger charge is -2.07. The van der Waals surface area contributed by atoms with E-state index in [1.807, 2.05) is 12.1 Å². The molecule has 0 amide bonds. The van der Waals surface area contributed by atoms with Crippen LogP contribution in [0.1, 0.15) is 5.56 Å². The normalized spacial score (nSPS) is 10.3. The molecule has 0 bridgehead atoms. The molecule has 0 heterocycles. The Hall–Kier alpha value is -1.45. The van der Waals surface area contributed by atoms with E-state index in [-0.39, 0.29) is 0 Å². The molecule has 94 valence electrons. The molecule has 2 nitrogen and oxygen atoms in total. The SMILES string of the molecule is C[NH2+]Cc1ccccc1Sc1ccc(OC)cc1. The molecule has 0 aliphatic carbocycles. The molecule has 0 spiro atoms. The van der Waals surface area contributed by atoms with Gasteiger partial charge in [-0.1, -0.05) is 30.0 Å². The Morgan fingerprint density at radius 2 is 1.78 bits per heavy atom. The van der Waals surface area contributed by atoms with Gasteiger partial charge < -0.3 is 10.1 Å². The van der Waals surface area contributed by atoms with Gasteiger partial charge in [0.15, 0.2) is 0 Å². The van der Waals surface area contributed by atoms with Gasteiger partial charge in [-0.2, -0.15) is 0 Å². The van der Waals surface area contributed by atoms with Crippen molar-refractivity contribution in [1.29, 1.82) is 0 Å². The van der Waals surface area contributed by atoms with Gasteiger partial charge in [0.05, 0.1) is 14.2 Å².